The number of rotatable bonds is 1. The molecule has 0 saturated heterocycles. The maximum absolute atomic E-state index is 2.51. The summed E-state index contributed by atoms with van der Waals surface area (Å²) in [7, 11) is 0. The largest absolute Gasteiger partial charge is 0.0651 e. The van der Waals surface area contributed by atoms with Crippen molar-refractivity contribution in [2.45, 2.75) is 59.8 Å². The van der Waals surface area contributed by atoms with E-state index in [1.54, 1.807) is 0 Å². The van der Waals surface area contributed by atoms with Crippen LogP contribution in [0.15, 0.2) is 0 Å². The van der Waals surface area contributed by atoms with Crippen LogP contribution < -0.4 is 0 Å². The molecule has 0 heteroatoms. The van der Waals surface area contributed by atoms with Crippen molar-refractivity contribution in [3.05, 3.63) is 0 Å². The van der Waals surface area contributed by atoms with Crippen LogP contribution in [0.5, 0.6) is 0 Å². The minimum absolute atomic E-state index is 0.792. The second-order valence-corrected chi connectivity index (χ2v) is 6.13. The molecule has 0 heterocycles. The fourth-order valence-corrected chi connectivity index (χ4v) is 4.43. The summed E-state index contributed by atoms with van der Waals surface area (Å²) in [6.45, 7) is 9.87. The second-order valence-electron chi connectivity index (χ2n) is 6.13. The Morgan fingerprint density at radius 3 is 2.14 bits per heavy atom. The summed E-state index contributed by atoms with van der Waals surface area (Å²) in [6.07, 6.45) is 7.51. The van der Waals surface area contributed by atoms with Crippen molar-refractivity contribution in [1.82, 2.24) is 0 Å². The van der Waals surface area contributed by atoms with Gasteiger partial charge in [0.05, 0.1) is 0 Å². The van der Waals surface area contributed by atoms with Crippen molar-refractivity contribution in [3.63, 3.8) is 0 Å². The molecular weight excluding hydrogens is 168 g/mol. The van der Waals surface area contributed by atoms with E-state index < -0.39 is 0 Å². The highest BCUT2D eigenvalue weighted by Crippen LogP contribution is 2.60. The van der Waals surface area contributed by atoms with Crippen LogP contribution in [-0.4, -0.2) is 0 Å². The van der Waals surface area contributed by atoms with Gasteiger partial charge in [0, 0.05) is 0 Å². The molecule has 0 amide bonds. The minimum atomic E-state index is 0.792. The van der Waals surface area contributed by atoms with E-state index in [9.17, 15) is 0 Å². The summed E-state index contributed by atoms with van der Waals surface area (Å²) in [5.74, 6) is 3.91. The minimum Gasteiger partial charge on any atom is -0.0651 e. The lowest BCUT2D eigenvalue weighted by atomic mass is 9.48. The molecule has 2 aliphatic carbocycles. The second kappa shape index (κ2) is 3.54. The van der Waals surface area contributed by atoms with Crippen LogP contribution in [0, 0.1) is 29.1 Å². The first kappa shape index (κ1) is 10.5. The maximum Gasteiger partial charge on any atom is -0.0264 e. The fourth-order valence-electron chi connectivity index (χ4n) is 4.43. The molecule has 0 N–H and O–H groups in total. The van der Waals surface area contributed by atoms with Gasteiger partial charge >= 0.3 is 0 Å². The SMILES string of the molecule is CCC1C(C)C(C)C(C)CC12CCC2. The van der Waals surface area contributed by atoms with Gasteiger partial charge in [-0.25, -0.2) is 0 Å². The lowest BCUT2D eigenvalue weighted by Crippen LogP contribution is -2.48. The van der Waals surface area contributed by atoms with E-state index >= 15 is 0 Å². The van der Waals surface area contributed by atoms with Gasteiger partial charge in [-0.1, -0.05) is 40.5 Å². The molecule has 82 valence electrons. The molecule has 2 saturated carbocycles. The first-order valence-corrected chi connectivity index (χ1v) is 6.60. The van der Waals surface area contributed by atoms with Crippen LogP contribution in [0.2, 0.25) is 0 Å². The third kappa shape index (κ3) is 1.33. The molecule has 0 aliphatic heterocycles. The zero-order valence-corrected chi connectivity index (χ0v) is 10.3. The van der Waals surface area contributed by atoms with Crippen LogP contribution in [0.25, 0.3) is 0 Å². The zero-order valence-electron chi connectivity index (χ0n) is 10.3. The van der Waals surface area contributed by atoms with Gasteiger partial charge in [0.1, 0.15) is 0 Å². The highest BCUT2D eigenvalue weighted by atomic mass is 14.6. The van der Waals surface area contributed by atoms with Crippen molar-refractivity contribution in [3.8, 4) is 0 Å². The van der Waals surface area contributed by atoms with Gasteiger partial charge in [0.2, 0.25) is 0 Å². The number of hydrogen-bond donors (Lipinski definition) is 0. The van der Waals surface area contributed by atoms with Gasteiger partial charge in [-0.3, -0.25) is 0 Å². The summed E-state index contributed by atoms with van der Waals surface area (Å²) in [5.41, 5.74) is 0.792. The average molecular weight is 194 g/mol. The van der Waals surface area contributed by atoms with E-state index in [0.29, 0.717) is 0 Å². The Hall–Kier alpha value is 0. The highest BCUT2D eigenvalue weighted by molar-refractivity contribution is 5.00. The molecule has 2 fully saturated rings. The molecule has 0 aromatic rings. The van der Waals surface area contributed by atoms with Gasteiger partial charge in [0.25, 0.3) is 0 Å². The van der Waals surface area contributed by atoms with Crippen molar-refractivity contribution in [2.75, 3.05) is 0 Å². The summed E-state index contributed by atoms with van der Waals surface area (Å²) in [6, 6.07) is 0. The number of hydrogen-bond acceptors (Lipinski definition) is 0. The molecule has 0 nitrogen and oxygen atoms in total. The van der Waals surface area contributed by atoms with E-state index in [-0.39, 0.29) is 0 Å². The van der Waals surface area contributed by atoms with Crippen LogP contribution in [0.3, 0.4) is 0 Å². The van der Waals surface area contributed by atoms with E-state index in [0.717, 1.165) is 29.1 Å². The van der Waals surface area contributed by atoms with Crippen molar-refractivity contribution >= 4 is 0 Å². The quantitative estimate of drug-likeness (QED) is 0.577. The molecule has 2 rings (SSSR count). The van der Waals surface area contributed by atoms with Gasteiger partial charge < -0.3 is 0 Å². The predicted molar refractivity (Wildman–Crippen MR) is 62.2 cm³/mol. The van der Waals surface area contributed by atoms with Gasteiger partial charge in [-0.05, 0) is 48.3 Å². The van der Waals surface area contributed by atoms with Crippen LogP contribution in [0.1, 0.15) is 59.8 Å². The van der Waals surface area contributed by atoms with Crippen molar-refractivity contribution in [2.24, 2.45) is 29.1 Å². The highest BCUT2D eigenvalue weighted by Gasteiger charge is 2.50. The Bertz CT molecular complexity index is 202. The molecule has 4 unspecified atom stereocenters. The Morgan fingerprint density at radius 1 is 1.07 bits per heavy atom. The first-order valence-electron chi connectivity index (χ1n) is 6.60. The van der Waals surface area contributed by atoms with Gasteiger partial charge in [0.15, 0.2) is 0 Å². The monoisotopic (exact) mass is 194 g/mol. The summed E-state index contributed by atoms with van der Waals surface area (Å²) >= 11 is 0. The predicted octanol–water partition coefficient (Wildman–Crippen LogP) is 4.49. The molecule has 14 heavy (non-hydrogen) atoms. The van der Waals surface area contributed by atoms with E-state index in [1.807, 2.05) is 0 Å². The lowest BCUT2D eigenvalue weighted by Gasteiger charge is -2.57. The maximum atomic E-state index is 2.51. The average Bonchev–Trinajstić information content (AvgIpc) is 2.11. The van der Waals surface area contributed by atoms with Crippen LogP contribution in [0.4, 0.5) is 0 Å². The van der Waals surface area contributed by atoms with Gasteiger partial charge in [-0.15, -0.1) is 0 Å². The Labute approximate surface area is 89.5 Å². The lowest BCUT2D eigenvalue weighted by molar-refractivity contribution is -0.0741. The van der Waals surface area contributed by atoms with Crippen LogP contribution in [-0.2, 0) is 0 Å². The molecule has 4 atom stereocenters. The first-order chi connectivity index (χ1) is 6.60. The summed E-state index contributed by atoms with van der Waals surface area (Å²) in [5, 5.41) is 0. The summed E-state index contributed by atoms with van der Waals surface area (Å²) < 4.78 is 0. The Morgan fingerprint density at radius 2 is 1.71 bits per heavy atom. The standard InChI is InChI=1S/C14H26/c1-5-13-12(4)11(3)10(2)9-14(13)7-6-8-14/h10-13H,5-9H2,1-4H3. The molecule has 0 radical (unpaired) electrons. The summed E-state index contributed by atoms with van der Waals surface area (Å²) in [4.78, 5) is 0. The fraction of sp³-hybridized carbons (Fsp3) is 1.00. The van der Waals surface area contributed by atoms with E-state index in [2.05, 4.69) is 27.7 Å². The van der Waals surface area contributed by atoms with E-state index in [1.165, 1.54) is 32.1 Å². The van der Waals surface area contributed by atoms with Crippen LogP contribution >= 0.6 is 0 Å². The molecule has 0 aromatic heterocycles. The normalized spacial score (nSPS) is 46.3. The Balaban J connectivity index is 2.18. The van der Waals surface area contributed by atoms with E-state index in [4.69, 9.17) is 0 Å². The van der Waals surface area contributed by atoms with Crippen molar-refractivity contribution < 1.29 is 0 Å². The molecule has 0 aromatic carbocycles. The third-order valence-electron chi connectivity index (χ3n) is 5.67. The Kier molecular flexibility index (Phi) is 2.66. The topological polar surface area (TPSA) is 0 Å². The molecule has 1 spiro atoms. The molecular formula is C14H26. The molecule has 2 aliphatic rings. The third-order valence-corrected chi connectivity index (χ3v) is 5.67. The molecule has 0 bridgehead atoms. The van der Waals surface area contributed by atoms with Gasteiger partial charge in [-0.2, -0.15) is 0 Å². The smallest absolute Gasteiger partial charge is 0.0264 e. The van der Waals surface area contributed by atoms with Crippen molar-refractivity contribution in [1.29, 1.82) is 0 Å². The zero-order chi connectivity index (χ0) is 10.3.